The quantitative estimate of drug-likeness (QED) is 0.792. The Labute approximate surface area is 139 Å². The van der Waals surface area contributed by atoms with Gasteiger partial charge >= 0.3 is 0 Å². The number of anilines is 1. The van der Waals surface area contributed by atoms with Crippen LogP contribution >= 0.6 is 23.4 Å². The van der Waals surface area contributed by atoms with Crippen LogP contribution in [0.4, 0.5) is 5.69 Å². The Bertz CT molecular complexity index is 663. The van der Waals surface area contributed by atoms with E-state index in [1.165, 1.54) is 5.56 Å². The number of amides is 1. The SMILES string of the molecule is O=C1COCCN1c1cccc(SCc2ccccc2)c1Cl. The third-order valence-corrected chi connectivity index (χ3v) is 5.09. The lowest BCUT2D eigenvalue weighted by molar-refractivity contribution is -0.125. The molecule has 3 nitrogen and oxygen atoms in total. The van der Waals surface area contributed by atoms with Crippen molar-refractivity contribution in [1.82, 2.24) is 0 Å². The third kappa shape index (κ3) is 3.46. The molecule has 5 heteroatoms. The van der Waals surface area contributed by atoms with Crippen LogP contribution in [-0.2, 0) is 15.3 Å². The third-order valence-electron chi connectivity index (χ3n) is 3.46. The molecule has 0 aliphatic carbocycles. The molecule has 2 aromatic rings. The predicted molar refractivity (Wildman–Crippen MR) is 90.6 cm³/mol. The summed E-state index contributed by atoms with van der Waals surface area (Å²) < 4.78 is 5.17. The van der Waals surface area contributed by atoms with Gasteiger partial charge < -0.3 is 9.64 Å². The lowest BCUT2D eigenvalue weighted by Gasteiger charge is -2.28. The predicted octanol–water partition coefficient (Wildman–Crippen LogP) is 4.00. The average molecular weight is 334 g/mol. The molecule has 0 N–H and O–H groups in total. The van der Waals surface area contributed by atoms with E-state index in [0.717, 1.165) is 16.3 Å². The zero-order valence-corrected chi connectivity index (χ0v) is 13.6. The van der Waals surface area contributed by atoms with E-state index in [0.29, 0.717) is 18.2 Å². The molecule has 0 saturated carbocycles. The fourth-order valence-corrected chi connectivity index (χ4v) is 3.64. The molecule has 3 rings (SSSR count). The Balaban J connectivity index is 1.78. The van der Waals surface area contributed by atoms with Crippen molar-refractivity contribution in [1.29, 1.82) is 0 Å². The van der Waals surface area contributed by atoms with Crippen molar-refractivity contribution in [3.63, 3.8) is 0 Å². The van der Waals surface area contributed by atoms with Gasteiger partial charge in [-0.15, -0.1) is 11.8 Å². The summed E-state index contributed by atoms with van der Waals surface area (Å²) in [5.41, 5.74) is 2.02. The molecule has 1 aliphatic heterocycles. The molecule has 1 saturated heterocycles. The first kappa shape index (κ1) is 15.4. The van der Waals surface area contributed by atoms with E-state index in [9.17, 15) is 4.79 Å². The number of ether oxygens (including phenoxy) is 1. The maximum absolute atomic E-state index is 12.0. The van der Waals surface area contributed by atoms with Crippen LogP contribution in [0.15, 0.2) is 53.4 Å². The number of morpholine rings is 1. The maximum Gasteiger partial charge on any atom is 0.253 e. The van der Waals surface area contributed by atoms with Crippen molar-refractivity contribution in [3.05, 3.63) is 59.1 Å². The van der Waals surface area contributed by atoms with Gasteiger partial charge in [0.25, 0.3) is 5.91 Å². The maximum atomic E-state index is 12.0. The summed E-state index contributed by atoms with van der Waals surface area (Å²) in [7, 11) is 0. The number of carbonyl (C=O) groups is 1. The summed E-state index contributed by atoms with van der Waals surface area (Å²) in [4.78, 5) is 14.7. The van der Waals surface area contributed by atoms with Crippen LogP contribution in [0.1, 0.15) is 5.56 Å². The summed E-state index contributed by atoms with van der Waals surface area (Å²) in [6.07, 6.45) is 0. The van der Waals surface area contributed by atoms with E-state index >= 15 is 0 Å². The van der Waals surface area contributed by atoms with E-state index in [4.69, 9.17) is 16.3 Å². The number of halogens is 1. The highest BCUT2D eigenvalue weighted by molar-refractivity contribution is 7.98. The molecule has 1 fully saturated rings. The zero-order valence-electron chi connectivity index (χ0n) is 12.0. The highest BCUT2D eigenvalue weighted by Gasteiger charge is 2.23. The average Bonchev–Trinajstić information content (AvgIpc) is 2.56. The van der Waals surface area contributed by atoms with Crippen molar-refractivity contribution in [2.45, 2.75) is 10.6 Å². The molecule has 1 aliphatic rings. The van der Waals surface area contributed by atoms with Gasteiger partial charge in [-0.2, -0.15) is 0 Å². The number of hydrogen-bond acceptors (Lipinski definition) is 3. The Hall–Kier alpha value is -1.49. The van der Waals surface area contributed by atoms with Crippen molar-refractivity contribution in [3.8, 4) is 0 Å². The van der Waals surface area contributed by atoms with Gasteiger partial charge in [-0.05, 0) is 17.7 Å². The van der Waals surface area contributed by atoms with E-state index in [1.54, 1.807) is 16.7 Å². The van der Waals surface area contributed by atoms with Gasteiger partial charge in [-0.25, -0.2) is 0 Å². The first-order chi connectivity index (χ1) is 10.8. The number of hydrogen-bond donors (Lipinski definition) is 0. The van der Waals surface area contributed by atoms with Crippen LogP contribution < -0.4 is 4.90 Å². The number of benzene rings is 2. The second kappa shape index (κ2) is 7.18. The van der Waals surface area contributed by atoms with E-state index < -0.39 is 0 Å². The van der Waals surface area contributed by atoms with Gasteiger partial charge in [-0.1, -0.05) is 48.0 Å². The molecule has 0 bridgehead atoms. The smallest absolute Gasteiger partial charge is 0.253 e. The van der Waals surface area contributed by atoms with Crippen LogP contribution in [-0.4, -0.2) is 25.7 Å². The van der Waals surface area contributed by atoms with Crippen molar-refractivity contribution < 1.29 is 9.53 Å². The fraction of sp³-hybridized carbons (Fsp3) is 0.235. The van der Waals surface area contributed by atoms with Crippen molar-refractivity contribution >= 4 is 35.0 Å². The van der Waals surface area contributed by atoms with E-state index in [1.807, 2.05) is 36.4 Å². The van der Waals surface area contributed by atoms with Crippen LogP contribution in [0.25, 0.3) is 0 Å². The first-order valence-corrected chi connectivity index (χ1v) is 8.45. The van der Waals surface area contributed by atoms with E-state index in [-0.39, 0.29) is 12.5 Å². The summed E-state index contributed by atoms with van der Waals surface area (Å²) in [5.74, 6) is 0.805. The minimum Gasteiger partial charge on any atom is -0.370 e. The number of carbonyl (C=O) groups excluding carboxylic acids is 1. The summed E-state index contributed by atoms with van der Waals surface area (Å²) in [5, 5.41) is 0.638. The normalized spacial score (nSPS) is 15.1. The highest BCUT2D eigenvalue weighted by Crippen LogP contribution is 2.37. The van der Waals surface area contributed by atoms with Crippen molar-refractivity contribution in [2.24, 2.45) is 0 Å². The molecule has 1 heterocycles. The molecule has 114 valence electrons. The molecule has 0 aromatic heterocycles. The second-order valence-corrected chi connectivity index (χ2v) is 6.36. The standard InChI is InChI=1S/C17H16ClNO2S/c18-17-14(19-9-10-21-11-16(19)20)7-4-8-15(17)22-12-13-5-2-1-3-6-13/h1-8H,9-12H2. The van der Waals surface area contributed by atoms with Crippen LogP contribution in [0.5, 0.6) is 0 Å². The van der Waals surface area contributed by atoms with Gasteiger partial charge in [0.15, 0.2) is 0 Å². The number of nitrogens with zero attached hydrogens (tertiary/aromatic N) is 1. The Morgan fingerprint density at radius 1 is 1.14 bits per heavy atom. The summed E-state index contributed by atoms with van der Waals surface area (Å²) in [6.45, 7) is 1.21. The largest absolute Gasteiger partial charge is 0.370 e. The molecule has 1 amide bonds. The zero-order chi connectivity index (χ0) is 15.4. The molecule has 2 aromatic carbocycles. The van der Waals surface area contributed by atoms with Gasteiger partial charge in [0.05, 0.1) is 17.3 Å². The lowest BCUT2D eigenvalue weighted by atomic mass is 10.2. The topological polar surface area (TPSA) is 29.5 Å². The first-order valence-electron chi connectivity index (χ1n) is 7.09. The Morgan fingerprint density at radius 3 is 2.73 bits per heavy atom. The number of rotatable bonds is 4. The Kier molecular flexibility index (Phi) is 5.03. The molecule has 0 atom stereocenters. The molecule has 0 radical (unpaired) electrons. The molecule has 0 spiro atoms. The number of thioether (sulfide) groups is 1. The van der Waals surface area contributed by atoms with Gasteiger partial charge in [0, 0.05) is 17.2 Å². The monoisotopic (exact) mass is 333 g/mol. The van der Waals surface area contributed by atoms with Crippen LogP contribution in [0.3, 0.4) is 0 Å². The molecular weight excluding hydrogens is 318 g/mol. The molecular formula is C17H16ClNO2S. The summed E-state index contributed by atoms with van der Waals surface area (Å²) >= 11 is 8.20. The van der Waals surface area contributed by atoms with Crippen molar-refractivity contribution in [2.75, 3.05) is 24.7 Å². The Morgan fingerprint density at radius 2 is 1.95 bits per heavy atom. The lowest BCUT2D eigenvalue weighted by Crippen LogP contribution is -2.41. The molecule has 0 unspecified atom stereocenters. The van der Waals surface area contributed by atoms with Crippen LogP contribution in [0, 0.1) is 0 Å². The van der Waals surface area contributed by atoms with E-state index in [2.05, 4.69) is 12.1 Å². The molecule has 22 heavy (non-hydrogen) atoms. The summed E-state index contributed by atoms with van der Waals surface area (Å²) in [6, 6.07) is 16.1. The van der Waals surface area contributed by atoms with Gasteiger partial charge in [-0.3, -0.25) is 4.79 Å². The highest BCUT2D eigenvalue weighted by atomic mass is 35.5. The van der Waals surface area contributed by atoms with Crippen LogP contribution in [0.2, 0.25) is 5.02 Å². The van der Waals surface area contributed by atoms with Gasteiger partial charge in [0.1, 0.15) is 6.61 Å². The second-order valence-electron chi connectivity index (χ2n) is 4.96. The minimum atomic E-state index is -0.0432. The fourth-order valence-electron chi connectivity index (χ4n) is 2.33. The van der Waals surface area contributed by atoms with Gasteiger partial charge in [0.2, 0.25) is 0 Å². The minimum absolute atomic E-state index is 0.0432.